The van der Waals surface area contributed by atoms with E-state index in [-0.39, 0.29) is 49.7 Å². The van der Waals surface area contributed by atoms with E-state index < -0.39 is 52.1 Å². The minimum Gasteiger partial charge on any atom is -0.444 e. The monoisotopic (exact) mass is 877 g/mol. The van der Waals surface area contributed by atoms with Crippen LogP contribution in [0.3, 0.4) is 0 Å². The minimum atomic E-state index is -1.01. The van der Waals surface area contributed by atoms with Crippen LogP contribution in [-0.2, 0) is 47.5 Å². The van der Waals surface area contributed by atoms with Crippen molar-refractivity contribution in [3.8, 4) is 0 Å². The molecule has 0 aliphatic rings. The van der Waals surface area contributed by atoms with Crippen molar-refractivity contribution in [2.45, 2.75) is 194 Å². The average Bonchev–Trinajstić information content (AvgIpc) is 3.08. The average molecular weight is 877 g/mol. The van der Waals surface area contributed by atoms with Crippen LogP contribution < -0.4 is 32.7 Å². The van der Waals surface area contributed by atoms with Crippen molar-refractivity contribution in [3.05, 3.63) is 0 Å². The Bertz CT molecular complexity index is 1300. The summed E-state index contributed by atoms with van der Waals surface area (Å²) in [5, 5.41) is 11.3. The van der Waals surface area contributed by atoms with E-state index in [4.69, 9.17) is 44.6 Å². The van der Waals surface area contributed by atoms with Gasteiger partial charge in [-0.3, -0.25) is 19.7 Å². The van der Waals surface area contributed by atoms with Crippen LogP contribution in [0.15, 0.2) is 0 Å². The van der Waals surface area contributed by atoms with Gasteiger partial charge >= 0.3 is 6.09 Å². The number of amides is 4. The molecule has 17 nitrogen and oxygen atoms in total. The second-order valence-corrected chi connectivity index (χ2v) is 20.1. The molecule has 0 unspecified atom stereocenters. The number of carbonyl (C=O) groups excluding carboxylic acids is 4. The summed E-state index contributed by atoms with van der Waals surface area (Å²) < 4.78 is 41.0. The van der Waals surface area contributed by atoms with Gasteiger partial charge in [-0.05, 0) is 142 Å². The van der Waals surface area contributed by atoms with Crippen molar-refractivity contribution in [3.63, 3.8) is 0 Å². The molecule has 0 spiro atoms. The molecule has 0 aromatic carbocycles. The van der Waals surface area contributed by atoms with Crippen LogP contribution in [0.1, 0.15) is 149 Å². The Morgan fingerprint density at radius 1 is 0.508 bits per heavy atom. The van der Waals surface area contributed by atoms with E-state index in [0.717, 1.165) is 0 Å². The highest BCUT2D eigenvalue weighted by atomic mass is 16.6. The first-order chi connectivity index (χ1) is 27.8. The Kier molecular flexibility index (Phi) is 25.7. The van der Waals surface area contributed by atoms with E-state index >= 15 is 0 Å². The maximum Gasteiger partial charge on any atom is 0.409 e. The summed E-state index contributed by atoms with van der Waals surface area (Å²) in [6.07, 6.45) is 2.28. The normalized spacial score (nSPS) is 13.7. The molecule has 0 saturated heterocycles. The van der Waals surface area contributed by atoms with Crippen LogP contribution in [0.5, 0.6) is 0 Å². The van der Waals surface area contributed by atoms with E-state index in [1.54, 1.807) is 34.6 Å². The molecule has 0 heterocycles. The third kappa shape index (κ3) is 31.8. The molecule has 0 rings (SSSR count). The number of hydrogen-bond donors (Lipinski definition) is 6. The molecule has 0 bridgehead atoms. The zero-order chi connectivity index (χ0) is 47.2. The van der Waals surface area contributed by atoms with Crippen LogP contribution in [0, 0.1) is 0 Å². The molecule has 0 aromatic heterocycles. The summed E-state index contributed by atoms with van der Waals surface area (Å²) in [4.78, 5) is 52.0. The Morgan fingerprint density at radius 2 is 0.918 bits per heavy atom. The fourth-order valence-electron chi connectivity index (χ4n) is 5.56. The summed E-state index contributed by atoms with van der Waals surface area (Å²) >= 11 is 0. The topological polar surface area (TPSA) is 233 Å². The molecule has 4 amide bonds. The molecular formula is C44H88N6O11. The zero-order valence-electron chi connectivity index (χ0n) is 40.7. The lowest BCUT2D eigenvalue weighted by Crippen LogP contribution is -2.49. The quantitative estimate of drug-likeness (QED) is 0.0496. The molecule has 360 valence electrons. The SMILES string of the molecule is CC(C)(C)OC(=O)NC(C)(C)OCCC(C)(C)OCC(=O)N[C@H](CCC(=O)NCCC(C)(C)OCCC(C)(C)OCCN)C(=O)NCCC(C)(C)OCCC(C)(C)OCCN. The highest BCUT2D eigenvalue weighted by molar-refractivity contribution is 5.88. The van der Waals surface area contributed by atoms with Crippen LogP contribution in [0.2, 0.25) is 0 Å². The van der Waals surface area contributed by atoms with Gasteiger partial charge in [0, 0.05) is 32.6 Å². The first-order valence-corrected chi connectivity index (χ1v) is 21.9. The number of nitrogens with one attached hydrogen (secondary N) is 4. The van der Waals surface area contributed by atoms with Gasteiger partial charge in [-0.1, -0.05) is 0 Å². The highest BCUT2D eigenvalue weighted by Crippen LogP contribution is 2.21. The molecule has 0 fully saturated rings. The smallest absolute Gasteiger partial charge is 0.409 e. The van der Waals surface area contributed by atoms with Gasteiger partial charge in [0.25, 0.3) is 0 Å². The van der Waals surface area contributed by atoms with Crippen molar-refractivity contribution in [2.24, 2.45) is 11.5 Å². The summed E-state index contributed by atoms with van der Waals surface area (Å²) in [5.41, 5.74) is 6.90. The molecule has 61 heavy (non-hydrogen) atoms. The van der Waals surface area contributed by atoms with Gasteiger partial charge in [-0.15, -0.1) is 0 Å². The molecule has 8 N–H and O–H groups in total. The fourth-order valence-corrected chi connectivity index (χ4v) is 5.56. The first-order valence-electron chi connectivity index (χ1n) is 21.9. The standard InChI is InChI=1S/C44H88N6O11/c1-38(2,3)61-37(54)50-44(14,15)59-29-22-43(12,13)60-32-35(52)49-33(36(53)48-26-19-40(6,7)56-28-21-42(10,11)58-31-24-46)16-17-34(51)47-25-18-39(4,5)55-27-20-41(8,9)57-30-23-45/h33H,16-32,45-46H2,1-15H3,(H,47,51)(H,48,53)(H,49,52)(H,50,54)/t33-/m1/s1. The molecule has 0 aromatic rings. The molecule has 0 saturated carbocycles. The highest BCUT2D eigenvalue weighted by Gasteiger charge is 2.30. The minimum absolute atomic E-state index is 0.000252. The zero-order valence-corrected chi connectivity index (χ0v) is 40.7. The van der Waals surface area contributed by atoms with E-state index in [9.17, 15) is 19.2 Å². The van der Waals surface area contributed by atoms with Gasteiger partial charge < -0.3 is 60.6 Å². The Hall–Kier alpha value is -2.64. The van der Waals surface area contributed by atoms with Crippen LogP contribution >= 0.6 is 0 Å². The third-order valence-electron chi connectivity index (χ3n) is 9.57. The lowest BCUT2D eigenvalue weighted by atomic mass is 10.0. The van der Waals surface area contributed by atoms with Crippen molar-refractivity contribution in [2.75, 3.05) is 65.8 Å². The number of rotatable bonds is 33. The predicted molar refractivity (Wildman–Crippen MR) is 238 cm³/mol. The van der Waals surface area contributed by atoms with E-state index in [0.29, 0.717) is 78.2 Å². The molecule has 17 heteroatoms. The summed E-state index contributed by atoms with van der Waals surface area (Å²) in [6, 6.07) is -0.998. The Labute approximate surface area is 368 Å². The molecular weight excluding hydrogens is 789 g/mol. The van der Waals surface area contributed by atoms with Crippen molar-refractivity contribution >= 4 is 23.8 Å². The maximum atomic E-state index is 13.5. The molecule has 0 aliphatic carbocycles. The van der Waals surface area contributed by atoms with Gasteiger partial charge in [-0.2, -0.15) is 0 Å². The van der Waals surface area contributed by atoms with E-state index in [2.05, 4.69) is 21.3 Å². The van der Waals surface area contributed by atoms with E-state index in [1.165, 1.54) is 0 Å². The lowest BCUT2D eigenvalue weighted by molar-refractivity contribution is -0.137. The molecule has 0 aliphatic heterocycles. The van der Waals surface area contributed by atoms with Crippen LogP contribution in [-0.4, -0.2) is 135 Å². The fraction of sp³-hybridized carbons (Fsp3) is 0.909. The largest absolute Gasteiger partial charge is 0.444 e. The number of nitrogens with two attached hydrogens (primary N) is 2. The Balaban J connectivity index is 5.36. The lowest BCUT2D eigenvalue weighted by Gasteiger charge is -2.31. The van der Waals surface area contributed by atoms with Crippen LogP contribution in [0.4, 0.5) is 4.79 Å². The maximum absolute atomic E-state index is 13.5. The second-order valence-electron chi connectivity index (χ2n) is 20.1. The van der Waals surface area contributed by atoms with Crippen molar-refractivity contribution in [1.82, 2.24) is 21.3 Å². The van der Waals surface area contributed by atoms with Crippen molar-refractivity contribution in [1.29, 1.82) is 0 Å². The first kappa shape index (κ1) is 58.4. The van der Waals surface area contributed by atoms with Gasteiger partial charge in [0.2, 0.25) is 17.7 Å². The summed E-state index contributed by atoms with van der Waals surface area (Å²) in [6.45, 7) is 31.5. The molecule has 1 atom stereocenters. The predicted octanol–water partition coefficient (Wildman–Crippen LogP) is 4.61. The number of ether oxygens (including phenoxy) is 7. The third-order valence-corrected chi connectivity index (χ3v) is 9.57. The van der Waals surface area contributed by atoms with Gasteiger partial charge in [-0.25, -0.2) is 4.79 Å². The summed E-state index contributed by atoms with van der Waals surface area (Å²) in [5.74, 6) is -1.19. The van der Waals surface area contributed by atoms with Gasteiger partial charge in [0.05, 0.1) is 61.0 Å². The van der Waals surface area contributed by atoms with Gasteiger partial charge in [0.15, 0.2) is 0 Å². The number of carbonyl (C=O) groups is 4. The number of hydrogen-bond acceptors (Lipinski definition) is 13. The second kappa shape index (κ2) is 26.9. The van der Waals surface area contributed by atoms with Crippen molar-refractivity contribution < 1.29 is 52.3 Å². The van der Waals surface area contributed by atoms with Gasteiger partial charge in [0.1, 0.15) is 24.0 Å². The Morgan fingerprint density at radius 3 is 1.38 bits per heavy atom. The summed E-state index contributed by atoms with van der Waals surface area (Å²) in [7, 11) is 0. The number of alkyl carbamates (subject to hydrolysis) is 1. The van der Waals surface area contributed by atoms with E-state index in [1.807, 2.05) is 69.2 Å². The molecule has 0 radical (unpaired) electrons. The van der Waals surface area contributed by atoms with Crippen LogP contribution in [0.25, 0.3) is 0 Å².